The van der Waals surface area contributed by atoms with Crippen LogP contribution in [0.15, 0.2) is 30.5 Å². The summed E-state index contributed by atoms with van der Waals surface area (Å²) < 4.78 is 25.2. The summed E-state index contributed by atoms with van der Waals surface area (Å²) in [6, 6.07) is 6.21. The molecule has 2 aromatic rings. The van der Waals surface area contributed by atoms with E-state index in [1.165, 1.54) is 25.4 Å². The van der Waals surface area contributed by atoms with Crippen LogP contribution in [0.5, 0.6) is 5.88 Å². The van der Waals surface area contributed by atoms with Crippen LogP contribution < -0.4 is 15.8 Å². The molecule has 1 amide bonds. The van der Waals surface area contributed by atoms with Gasteiger partial charge in [-0.15, -0.1) is 0 Å². The number of nitrogens with zero attached hydrogens (tertiary/aromatic N) is 1. The Labute approximate surface area is 138 Å². The number of nitrogens with one attached hydrogen (secondary N) is 1. The third kappa shape index (κ3) is 3.22. The Morgan fingerprint density at radius 2 is 2.25 bits per heavy atom. The fraction of sp³-hybridized carbons (Fsp3) is 0.294. The van der Waals surface area contributed by atoms with Gasteiger partial charge in [0.25, 0.3) is 0 Å². The van der Waals surface area contributed by atoms with Crippen molar-refractivity contribution in [2.45, 2.75) is 6.10 Å². The van der Waals surface area contributed by atoms with Crippen molar-refractivity contribution >= 4 is 5.91 Å². The topological polar surface area (TPSA) is 86.5 Å². The van der Waals surface area contributed by atoms with Gasteiger partial charge in [0.15, 0.2) is 0 Å². The van der Waals surface area contributed by atoms with E-state index in [1.54, 1.807) is 12.1 Å². The first-order valence-electron chi connectivity index (χ1n) is 7.56. The Morgan fingerprint density at radius 3 is 2.88 bits per heavy atom. The summed E-state index contributed by atoms with van der Waals surface area (Å²) in [5.74, 6) is -0.892. The first-order chi connectivity index (χ1) is 11.6. The van der Waals surface area contributed by atoms with E-state index < -0.39 is 11.7 Å². The minimum Gasteiger partial charge on any atom is -0.481 e. The third-order valence-electron chi connectivity index (χ3n) is 3.94. The molecule has 0 bridgehead atoms. The Hall–Kier alpha value is -2.51. The number of aromatic nitrogens is 1. The van der Waals surface area contributed by atoms with E-state index in [9.17, 15) is 9.18 Å². The standard InChI is InChI=1S/C17H18FN3O3/c1-23-16-7-12(17(19)22)13(8-21-16)11-3-2-10(6-14(11)18)15-9-20-4-5-24-15/h2-3,6-8,15,20H,4-5,9H2,1H3,(H2,19,22)/t15-/m1/s1. The molecule has 1 aliphatic rings. The van der Waals surface area contributed by atoms with E-state index in [1.807, 2.05) is 0 Å². The maximum Gasteiger partial charge on any atom is 0.249 e. The number of hydrogen-bond donors (Lipinski definition) is 2. The lowest BCUT2D eigenvalue weighted by atomic mass is 9.98. The summed E-state index contributed by atoms with van der Waals surface area (Å²) in [5, 5.41) is 3.20. The number of methoxy groups -OCH3 is 1. The van der Waals surface area contributed by atoms with Crippen LogP contribution in [0.25, 0.3) is 11.1 Å². The molecule has 126 valence electrons. The smallest absolute Gasteiger partial charge is 0.249 e. The van der Waals surface area contributed by atoms with Crippen molar-refractivity contribution in [1.82, 2.24) is 10.3 Å². The second-order valence-corrected chi connectivity index (χ2v) is 5.44. The number of rotatable bonds is 4. The van der Waals surface area contributed by atoms with E-state index in [2.05, 4.69) is 10.3 Å². The fourth-order valence-electron chi connectivity index (χ4n) is 2.70. The molecule has 1 saturated heterocycles. The molecule has 2 heterocycles. The van der Waals surface area contributed by atoms with Crippen molar-refractivity contribution in [3.63, 3.8) is 0 Å². The highest BCUT2D eigenvalue weighted by Gasteiger charge is 2.20. The Kier molecular flexibility index (Phi) is 4.73. The van der Waals surface area contributed by atoms with E-state index in [0.717, 1.165) is 12.1 Å². The van der Waals surface area contributed by atoms with Crippen LogP contribution in [0.1, 0.15) is 22.0 Å². The summed E-state index contributed by atoms with van der Waals surface area (Å²) in [4.78, 5) is 15.7. The molecule has 1 aromatic heterocycles. The van der Waals surface area contributed by atoms with Gasteiger partial charge in [-0.05, 0) is 11.6 Å². The van der Waals surface area contributed by atoms with Crippen molar-refractivity contribution in [3.05, 3.63) is 47.4 Å². The number of pyridine rings is 1. The lowest BCUT2D eigenvalue weighted by Gasteiger charge is -2.24. The van der Waals surface area contributed by atoms with Gasteiger partial charge in [-0.2, -0.15) is 0 Å². The zero-order valence-electron chi connectivity index (χ0n) is 13.2. The number of amides is 1. The molecule has 0 unspecified atom stereocenters. The molecule has 24 heavy (non-hydrogen) atoms. The van der Waals surface area contributed by atoms with Crippen LogP contribution in [-0.4, -0.2) is 37.7 Å². The van der Waals surface area contributed by atoms with Crippen LogP contribution in [0, 0.1) is 5.82 Å². The van der Waals surface area contributed by atoms with Gasteiger partial charge in [0.2, 0.25) is 11.8 Å². The Morgan fingerprint density at radius 1 is 1.42 bits per heavy atom. The third-order valence-corrected chi connectivity index (χ3v) is 3.94. The number of primary amides is 1. The highest BCUT2D eigenvalue weighted by atomic mass is 19.1. The predicted molar refractivity (Wildman–Crippen MR) is 86.3 cm³/mol. The summed E-state index contributed by atoms with van der Waals surface area (Å²) in [5.41, 5.74) is 6.88. The van der Waals surface area contributed by atoms with Crippen molar-refractivity contribution in [3.8, 4) is 17.0 Å². The molecular weight excluding hydrogens is 313 g/mol. The molecule has 3 N–H and O–H groups in total. The van der Waals surface area contributed by atoms with E-state index in [-0.39, 0.29) is 23.1 Å². The van der Waals surface area contributed by atoms with Crippen molar-refractivity contribution in [2.75, 3.05) is 26.8 Å². The first-order valence-corrected chi connectivity index (χ1v) is 7.56. The lowest BCUT2D eigenvalue weighted by molar-refractivity contribution is 0.0275. The second kappa shape index (κ2) is 6.94. The summed E-state index contributed by atoms with van der Waals surface area (Å²) in [7, 11) is 1.43. The minimum atomic E-state index is -0.672. The van der Waals surface area contributed by atoms with Crippen LogP contribution in [0.4, 0.5) is 4.39 Å². The highest BCUT2D eigenvalue weighted by molar-refractivity contribution is 6.00. The second-order valence-electron chi connectivity index (χ2n) is 5.44. The number of benzene rings is 1. The largest absolute Gasteiger partial charge is 0.481 e. The Balaban J connectivity index is 1.99. The van der Waals surface area contributed by atoms with Gasteiger partial charge in [-0.25, -0.2) is 9.37 Å². The number of carbonyl (C=O) groups excluding carboxylic acids is 1. The lowest BCUT2D eigenvalue weighted by Crippen LogP contribution is -2.33. The number of hydrogen-bond acceptors (Lipinski definition) is 5. The zero-order valence-corrected chi connectivity index (χ0v) is 13.2. The molecule has 1 atom stereocenters. The molecule has 0 saturated carbocycles. The van der Waals surface area contributed by atoms with E-state index >= 15 is 0 Å². The summed E-state index contributed by atoms with van der Waals surface area (Å²) >= 11 is 0. The molecule has 3 rings (SSSR count). The molecule has 0 spiro atoms. The first kappa shape index (κ1) is 16.4. The van der Waals surface area contributed by atoms with Crippen molar-refractivity contribution in [1.29, 1.82) is 0 Å². The van der Waals surface area contributed by atoms with Gasteiger partial charge >= 0.3 is 0 Å². The molecule has 1 aromatic carbocycles. The average Bonchev–Trinajstić information content (AvgIpc) is 2.62. The predicted octanol–water partition coefficient (Wildman–Crippen LogP) is 1.66. The van der Waals surface area contributed by atoms with Gasteiger partial charge < -0.3 is 20.5 Å². The van der Waals surface area contributed by atoms with Crippen LogP contribution >= 0.6 is 0 Å². The van der Waals surface area contributed by atoms with Gasteiger partial charge in [0.05, 0.1) is 25.4 Å². The van der Waals surface area contributed by atoms with Gasteiger partial charge in [-0.1, -0.05) is 12.1 Å². The molecule has 1 aliphatic heterocycles. The van der Waals surface area contributed by atoms with E-state index in [4.69, 9.17) is 15.2 Å². The molecule has 6 nitrogen and oxygen atoms in total. The number of morpholine rings is 1. The van der Waals surface area contributed by atoms with Crippen molar-refractivity contribution in [2.24, 2.45) is 5.73 Å². The highest BCUT2D eigenvalue weighted by Crippen LogP contribution is 2.30. The average molecular weight is 331 g/mol. The van der Waals surface area contributed by atoms with Crippen LogP contribution in [0.3, 0.4) is 0 Å². The molecule has 1 fully saturated rings. The van der Waals surface area contributed by atoms with Crippen molar-refractivity contribution < 1.29 is 18.7 Å². The van der Waals surface area contributed by atoms with Gasteiger partial charge in [0.1, 0.15) is 5.82 Å². The monoisotopic (exact) mass is 331 g/mol. The van der Waals surface area contributed by atoms with Gasteiger partial charge in [-0.3, -0.25) is 4.79 Å². The zero-order chi connectivity index (χ0) is 17.1. The maximum atomic E-state index is 14.6. The number of ether oxygens (including phenoxy) is 2. The normalized spacial score (nSPS) is 17.5. The number of carbonyl (C=O) groups is 1. The molecule has 0 radical (unpaired) electrons. The summed E-state index contributed by atoms with van der Waals surface area (Å²) in [6.45, 7) is 2.01. The minimum absolute atomic E-state index is 0.157. The molecule has 0 aliphatic carbocycles. The number of halogens is 1. The van der Waals surface area contributed by atoms with E-state index in [0.29, 0.717) is 18.7 Å². The SMILES string of the molecule is COc1cc(C(N)=O)c(-c2ccc([C@H]3CNCCO3)cc2F)cn1. The van der Waals surface area contributed by atoms with Gasteiger partial charge in [0, 0.05) is 36.5 Å². The summed E-state index contributed by atoms with van der Waals surface area (Å²) in [6.07, 6.45) is 1.20. The Bertz CT molecular complexity index is 761. The van der Waals surface area contributed by atoms with Crippen LogP contribution in [-0.2, 0) is 4.74 Å². The molecule has 7 heteroatoms. The fourth-order valence-corrected chi connectivity index (χ4v) is 2.70. The number of nitrogens with two attached hydrogens (primary N) is 1. The maximum absolute atomic E-state index is 14.6. The van der Waals surface area contributed by atoms with Crippen LogP contribution in [0.2, 0.25) is 0 Å². The molecular formula is C17H18FN3O3. The quantitative estimate of drug-likeness (QED) is 0.890.